The molecule has 0 aliphatic carbocycles. The van der Waals surface area contributed by atoms with E-state index in [9.17, 15) is 4.79 Å². The number of rotatable bonds is 4. The highest BCUT2D eigenvalue weighted by Gasteiger charge is 2.61. The van der Waals surface area contributed by atoms with Crippen molar-refractivity contribution >= 4 is 13.8 Å². The molecule has 1 aromatic rings. The summed E-state index contributed by atoms with van der Waals surface area (Å²) in [6.07, 6.45) is 0.0372. The van der Waals surface area contributed by atoms with Gasteiger partial charge in [-0.3, -0.25) is 9.63 Å². The molecule has 4 atom stereocenters. The normalized spacial score (nSPS) is 35.0. The van der Waals surface area contributed by atoms with E-state index >= 15 is 0 Å². The molecule has 2 aliphatic heterocycles. The minimum atomic E-state index is -0.993. The van der Waals surface area contributed by atoms with E-state index in [2.05, 4.69) is 0 Å². The van der Waals surface area contributed by atoms with E-state index in [1.807, 2.05) is 37.3 Å². The zero-order chi connectivity index (χ0) is 15.0. The number of carbonyl (C=O) groups is 1. The Morgan fingerprint density at radius 1 is 1.43 bits per heavy atom. The molecule has 2 aliphatic rings. The van der Waals surface area contributed by atoms with E-state index in [0.717, 1.165) is 5.56 Å². The number of carbonyl (C=O) groups excluding carboxylic acids is 1. The Bertz CT molecular complexity index is 512. The van der Waals surface area contributed by atoms with Crippen molar-refractivity contribution in [2.45, 2.75) is 37.8 Å². The van der Waals surface area contributed by atoms with Gasteiger partial charge in [-0.15, -0.1) is 0 Å². The standard InChI is InChI=1S/C15H18BNO4/c1-10-13-14(16)20-15(10,21-17(13)2)8-12(18)19-9-11-6-4-3-5-7-11/h3-7,10,13-14H,8-9H2,1-2H3/t10?,13-,14+,15-/m0/s1. The molecular weight excluding hydrogens is 269 g/mol. The average Bonchev–Trinajstić information content (AvgIpc) is 2.82. The van der Waals surface area contributed by atoms with E-state index in [4.69, 9.17) is 22.2 Å². The maximum atomic E-state index is 12.1. The lowest BCUT2D eigenvalue weighted by molar-refractivity contribution is -0.337. The molecule has 2 heterocycles. The lowest BCUT2D eigenvalue weighted by Crippen LogP contribution is -2.45. The highest BCUT2D eigenvalue weighted by molar-refractivity contribution is 6.11. The van der Waals surface area contributed by atoms with Crippen LogP contribution in [0, 0.1) is 5.92 Å². The molecule has 6 heteroatoms. The Morgan fingerprint density at radius 2 is 2.14 bits per heavy atom. The smallest absolute Gasteiger partial charge is 0.311 e. The lowest BCUT2D eigenvalue weighted by Gasteiger charge is -2.33. The number of nitrogens with zero attached hydrogens (tertiary/aromatic N) is 1. The Kier molecular flexibility index (Phi) is 3.77. The van der Waals surface area contributed by atoms with Crippen LogP contribution >= 0.6 is 0 Å². The van der Waals surface area contributed by atoms with E-state index in [1.165, 1.54) is 0 Å². The van der Waals surface area contributed by atoms with Gasteiger partial charge < -0.3 is 9.47 Å². The first-order chi connectivity index (χ1) is 10.0. The van der Waals surface area contributed by atoms with Crippen LogP contribution in [0.5, 0.6) is 0 Å². The van der Waals surface area contributed by atoms with Crippen LogP contribution in [0.4, 0.5) is 0 Å². The molecule has 110 valence electrons. The topological polar surface area (TPSA) is 48.0 Å². The second-order valence-electron chi connectivity index (χ2n) is 5.63. The van der Waals surface area contributed by atoms with Gasteiger partial charge in [-0.2, -0.15) is 5.06 Å². The van der Waals surface area contributed by atoms with Gasteiger partial charge in [0.2, 0.25) is 5.79 Å². The van der Waals surface area contributed by atoms with Crippen molar-refractivity contribution in [3.8, 4) is 0 Å². The Hall–Kier alpha value is -1.37. The largest absolute Gasteiger partial charge is 0.461 e. The van der Waals surface area contributed by atoms with Gasteiger partial charge in [0, 0.05) is 19.0 Å². The number of esters is 1. The van der Waals surface area contributed by atoms with Crippen molar-refractivity contribution in [2.24, 2.45) is 5.92 Å². The lowest BCUT2D eigenvalue weighted by atomic mass is 9.85. The molecule has 0 N–H and O–H groups in total. The fourth-order valence-corrected chi connectivity index (χ4v) is 3.11. The van der Waals surface area contributed by atoms with E-state index in [0.29, 0.717) is 0 Å². The third kappa shape index (κ3) is 2.59. The highest BCUT2D eigenvalue weighted by Crippen LogP contribution is 2.47. The molecule has 1 unspecified atom stereocenters. The number of hydrogen-bond acceptors (Lipinski definition) is 5. The van der Waals surface area contributed by atoms with Crippen LogP contribution in [-0.4, -0.2) is 43.8 Å². The number of benzene rings is 1. The molecule has 2 fully saturated rings. The van der Waals surface area contributed by atoms with Gasteiger partial charge in [0.25, 0.3) is 0 Å². The van der Waals surface area contributed by atoms with Gasteiger partial charge in [0.1, 0.15) is 20.9 Å². The molecule has 0 saturated carbocycles. The summed E-state index contributed by atoms with van der Waals surface area (Å²) in [6, 6.07) is 9.07. The SMILES string of the molecule is [B][C@@H]1O[C@@]2(CC(=O)OCc3ccccc3)ON(C)[C@H]1C2C. The van der Waals surface area contributed by atoms with Crippen molar-refractivity contribution in [1.82, 2.24) is 5.06 Å². The third-order valence-corrected chi connectivity index (χ3v) is 4.23. The molecule has 2 saturated heterocycles. The second kappa shape index (κ2) is 5.44. The number of ether oxygens (including phenoxy) is 2. The Balaban J connectivity index is 1.60. The summed E-state index contributed by atoms with van der Waals surface area (Å²) >= 11 is 0. The van der Waals surface area contributed by atoms with E-state index in [-0.39, 0.29) is 31.0 Å². The van der Waals surface area contributed by atoms with Gasteiger partial charge in [0.05, 0.1) is 6.04 Å². The van der Waals surface area contributed by atoms with Crippen LogP contribution in [0.15, 0.2) is 30.3 Å². The van der Waals surface area contributed by atoms with Gasteiger partial charge in [-0.05, 0) is 5.56 Å². The molecular formula is C15H18BNO4. The fourth-order valence-electron chi connectivity index (χ4n) is 3.11. The van der Waals surface area contributed by atoms with Crippen molar-refractivity contribution in [2.75, 3.05) is 7.05 Å². The maximum absolute atomic E-state index is 12.1. The number of fused-ring (bicyclic) bond motifs is 2. The zero-order valence-electron chi connectivity index (χ0n) is 12.2. The summed E-state index contributed by atoms with van der Waals surface area (Å²) in [5.41, 5.74) is 0.947. The first-order valence-electron chi connectivity index (χ1n) is 7.07. The van der Waals surface area contributed by atoms with Gasteiger partial charge >= 0.3 is 5.97 Å². The average molecular weight is 287 g/mol. The summed E-state index contributed by atoms with van der Waals surface area (Å²) in [7, 11) is 7.74. The molecule has 1 aromatic carbocycles. The van der Waals surface area contributed by atoms with Crippen molar-refractivity contribution in [1.29, 1.82) is 0 Å². The minimum absolute atomic E-state index is 0.0155. The number of likely N-dealkylation sites (N-methyl/N-ethyl adjacent to an activating group) is 1. The molecule has 2 bridgehead atoms. The minimum Gasteiger partial charge on any atom is -0.461 e. The first kappa shape index (κ1) is 14.6. The van der Waals surface area contributed by atoms with Crippen LogP contribution in [0.1, 0.15) is 18.9 Å². The van der Waals surface area contributed by atoms with Crippen LogP contribution in [0.25, 0.3) is 0 Å². The monoisotopic (exact) mass is 287 g/mol. The van der Waals surface area contributed by atoms with Crippen LogP contribution in [0.2, 0.25) is 0 Å². The Labute approximate surface area is 125 Å². The van der Waals surface area contributed by atoms with Crippen LogP contribution in [-0.2, 0) is 25.7 Å². The van der Waals surface area contributed by atoms with Crippen molar-refractivity contribution in [3.63, 3.8) is 0 Å². The van der Waals surface area contributed by atoms with Crippen molar-refractivity contribution in [3.05, 3.63) is 35.9 Å². The van der Waals surface area contributed by atoms with Crippen LogP contribution in [0.3, 0.4) is 0 Å². The molecule has 2 radical (unpaired) electrons. The molecule has 21 heavy (non-hydrogen) atoms. The molecule has 0 aromatic heterocycles. The van der Waals surface area contributed by atoms with Gasteiger partial charge in [-0.25, -0.2) is 0 Å². The molecule has 0 spiro atoms. The van der Waals surface area contributed by atoms with Crippen LogP contribution < -0.4 is 0 Å². The van der Waals surface area contributed by atoms with E-state index < -0.39 is 11.8 Å². The zero-order valence-corrected chi connectivity index (χ0v) is 12.2. The third-order valence-electron chi connectivity index (χ3n) is 4.23. The Morgan fingerprint density at radius 3 is 2.76 bits per heavy atom. The quantitative estimate of drug-likeness (QED) is 0.615. The van der Waals surface area contributed by atoms with E-state index in [1.54, 1.807) is 12.1 Å². The van der Waals surface area contributed by atoms with Crippen molar-refractivity contribution < 1.29 is 19.1 Å². The molecule has 3 rings (SSSR count). The second-order valence-corrected chi connectivity index (χ2v) is 5.63. The summed E-state index contributed by atoms with van der Waals surface area (Å²) < 4.78 is 11.0. The summed E-state index contributed by atoms with van der Waals surface area (Å²) in [4.78, 5) is 17.8. The number of hydrogen-bond donors (Lipinski definition) is 0. The summed E-state index contributed by atoms with van der Waals surface area (Å²) in [5.74, 6) is -1.33. The summed E-state index contributed by atoms with van der Waals surface area (Å²) in [6.45, 7) is 2.22. The molecule has 5 nitrogen and oxygen atoms in total. The van der Waals surface area contributed by atoms with Gasteiger partial charge in [0.15, 0.2) is 0 Å². The predicted octanol–water partition coefficient (Wildman–Crippen LogP) is 1.22. The maximum Gasteiger partial charge on any atom is 0.311 e. The highest BCUT2D eigenvalue weighted by atomic mass is 16.8. The summed E-state index contributed by atoms with van der Waals surface area (Å²) in [5, 5.41) is 1.68. The van der Waals surface area contributed by atoms with Gasteiger partial charge in [-0.1, -0.05) is 37.3 Å². The molecule has 0 amide bonds. The number of hydroxylamine groups is 2. The fraction of sp³-hybridized carbons (Fsp3) is 0.533. The predicted molar refractivity (Wildman–Crippen MR) is 76.0 cm³/mol. The first-order valence-corrected chi connectivity index (χ1v) is 7.07.